The van der Waals surface area contributed by atoms with Gasteiger partial charge < -0.3 is 15.9 Å². The lowest BCUT2D eigenvalue weighted by molar-refractivity contribution is 0.221. The summed E-state index contributed by atoms with van der Waals surface area (Å²) in [5.41, 5.74) is 7.47. The van der Waals surface area contributed by atoms with Gasteiger partial charge in [0, 0.05) is 8.90 Å². The van der Waals surface area contributed by atoms with Gasteiger partial charge in [-0.3, -0.25) is 5.32 Å². The van der Waals surface area contributed by atoms with Crippen molar-refractivity contribution < 1.29 is 13.1 Å². The molecule has 2 atom stereocenters. The van der Waals surface area contributed by atoms with Gasteiger partial charge in [0.05, 0.1) is 6.61 Å². The van der Waals surface area contributed by atoms with Crippen LogP contribution in [0.1, 0.15) is 35.0 Å². The second-order valence-electron chi connectivity index (χ2n) is 4.72. The summed E-state index contributed by atoms with van der Waals surface area (Å²) in [7, 11) is 1.92. The molecule has 1 aliphatic heterocycles. The first kappa shape index (κ1) is 14.4. The normalized spacial score (nSPS) is 28.2. The zero-order chi connectivity index (χ0) is 11.4. The first-order valence-electron chi connectivity index (χ1n) is 6.20. The van der Waals surface area contributed by atoms with E-state index in [1.54, 1.807) is 5.57 Å². The molecule has 102 valence electrons. The molecule has 0 amide bonds. The molecule has 1 saturated heterocycles. The van der Waals surface area contributed by atoms with E-state index in [0.717, 1.165) is 19.4 Å². The zero-order valence-corrected chi connectivity index (χ0v) is 10.5. The van der Waals surface area contributed by atoms with Crippen LogP contribution in [0.5, 0.6) is 0 Å². The molecule has 0 saturated carbocycles. The van der Waals surface area contributed by atoms with E-state index in [-0.39, 0.29) is 20.1 Å². The van der Waals surface area contributed by atoms with Gasteiger partial charge in [-0.05, 0) is 39.2 Å². The Labute approximate surface area is 106 Å². The van der Waals surface area contributed by atoms with Gasteiger partial charge in [0.15, 0.2) is 5.72 Å². The van der Waals surface area contributed by atoms with Crippen molar-refractivity contribution in [1.29, 1.82) is 0 Å². The van der Waals surface area contributed by atoms with Crippen molar-refractivity contribution in [2.45, 2.75) is 43.9 Å². The fraction of sp³-hybridized carbons (Fsp3) is 0.692. The SMILES string of the molecule is CNC1([C@@H](N)CCCC2=CC=CCC2)CO1.O.[HH].[HH]. The van der Waals surface area contributed by atoms with Gasteiger partial charge in [0.2, 0.25) is 0 Å². The summed E-state index contributed by atoms with van der Waals surface area (Å²) in [6.07, 6.45) is 12.4. The Morgan fingerprint density at radius 1 is 1.65 bits per heavy atom. The molecule has 1 aliphatic carbocycles. The summed E-state index contributed by atoms with van der Waals surface area (Å²) in [5, 5.41) is 3.17. The van der Waals surface area contributed by atoms with Gasteiger partial charge in [0.1, 0.15) is 0 Å². The molecule has 0 bridgehead atoms. The summed E-state index contributed by atoms with van der Waals surface area (Å²) >= 11 is 0. The van der Waals surface area contributed by atoms with Crippen LogP contribution >= 0.6 is 0 Å². The average Bonchev–Trinajstić information content (AvgIpc) is 3.11. The van der Waals surface area contributed by atoms with Crippen LogP contribution in [0, 0.1) is 0 Å². The zero-order valence-electron chi connectivity index (χ0n) is 10.5. The van der Waals surface area contributed by atoms with E-state index in [4.69, 9.17) is 10.5 Å². The molecule has 0 aromatic heterocycles. The van der Waals surface area contributed by atoms with Crippen LogP contribution in [0.2, 0.25) is 0 Å². The van der Waals surface area contributed by atoms with Crippen molar-refractivity contribution >= 4 is 0 Å². The largest absolute Gasteiger partial charge is 0.412 e. The van der Waals surface area contributed by atoms with Gasteiger partial charge in [-0.2, -0.15) is 0 Å². The third-order valence-electron chi connectivity index (χ3n) is 3.59. The van der Waals surface area contributed by atoms with Gasteiger partial charge >= 0.3 is 0 Å². The van der Waals surface area contributed by atoms with Crippen LogP contribution in [-0.2, 0) is 4.74 Å². The second kappa shape index (κ2) is 6.31. The molecule has 1 unspecified atom stereocenters. The van der Waals surface area contributed by atoms with Gasteiger partial charge in [-0.1, -0.05) is 23.8 Å². The van der Waals surface area contributed by atoms with E-state index in [1.807, 2.05) is 7.05 Å². The minimum absolute atomic E-state index is 0. The summed E-state index contributed by atoms with van der Waals surface area (Å²) in [5.74, 6) is 0. The standard InChI is InChI=1S/C13H22N2O.H2O.2H2/c1-15-13(10-16-13)12(14)9-5-8-11-6-3-2-4-7-11;;;/h2-3,6,12,15H,4-5,7-10,14H2,1H3;1H2;2*1H/t12-,13?;;;/m0.../s1. The lowest BCUT2D eigenvalue weighted by atomic mass is 9.96. The predicted molar refractivity (Wildman–Crippen MR) is 73.9 cm³/mol. The van der Waals surface area contributed by atoms with Crippen LogP contribution in [0.3, 0.4) is 0 Å². The van der Waals surface area contributed by atoms with Gasteiger partial charge in [-0.15, -0.1) is 0 Å². The number of epoxide rings is 1. The molecular formula is C13H28N2O2. The Hall–Kier alpha value is -0.680. The van der Waals surface area contributed by atoms with Crippen LogP contribution in [-0.4, -0.2) is 30.9 Å². The number of hydrogen-bond donors (Lipinski definition) is 2. The molecule has 0 aromatic carbocycles. The second-order valence-corrected chi connectivity index (χ2v) is 4.72. The number of rotatable bonds is 6. The van der Waals surface area contributed by atoms with Crippen LogP contribution in [0.15, 0.2) is 23.8 Å². The summed E-state index contributed by atoms with van der Waals surface area (Å²) < 4.78 is 5.39. The van der Waals surface area contributed by atoms with Gasteiger partial charge in [0.25, 0.3) is 0 Å². The molecule has 17 heavy (non-hydrogen) atoms. The molecule has 1 heterocycles. The van der Waals surface area contributed by atoms with E-state index in [1.165, 1.54) is 19.3 Å². The first-order valence-corrected chi connectivity index (χ1v) is 6.20. The maximum Gasteiger partial charge on any atom is 0.157 e. The van der Waals surface area contributed by atoms with Gasteiger partial charge in [-0.25, -0.2) is 0 Å². The van der Waals surface area contributed by atoms with E-state index in [0.29, 0.717) is 0 Å². The molecule has 2 aliphatic rings. The van der Waals surface area contributed by atoms with Crippen molar-refractivity contribution in [3.05, 3.63) is 23.8 Å². The molecule has 2 rings (SSSR count). The third-order valence-corrected chi connectivity index (χ3v) is 3.59. The summed E-state index contributed by atoms with van der Waals surface area (Å²) in [6, 6.07) is 0.122. The maximum absolute atomic E-state index is 6.12. The fourth-order valence-electron chi connectivity index (χ4n) is 2.26. The van der Waals surface area contributed by atoms with Crippen LogP contribution < -0.4 is 11.1 Å². The van der Waals surface area contributed by atoms with E-state index < -0.39 is 0 Å². The number of likely N-dealkylation sites (N-methyl/N-ethyl adjacent to an activating group) is 1. The summed E-state index contributed by atoms with van der Waals surface area (Å²) in [4.78, 5) is 0. The van der Waals surface area contributed by atoms with Crippen molar-refractivity contribution in [3.8, 4) is 0 Å². The highest BCUT2D eigenvalue weighted by molar-refractivity contribution is 5.17. The Morgan fingerprint density at radius 2 is 2.41 bits per heavy atom. The number of nitrogens with one attached hydrogen (secondary N) is 1. The quantitative estimate of drug-likeness (QED) is 0.692. The Kier molecular flexibility index (Phi) is 5.33. The molecule has 5 N–H and O–H groups in total. The molecule has 0 spiro atoms. The van der Waals surface area contributed by atoms with E-state index in [9.17, 15) is 0 Å². The fourth-order valence-corrected chi connectivity index (χ4v) is 2.26. The van der Waals surface area contributed by atoms with Crippen molar-refractivity contribution in [2.75, 3.05) is 13.7 Å². The number of nitrogens with two attached hydrogens (primary N) is 1. The number of ether oxygens (including phenoxy) is 1. The molecule has 4 heteroatoms. The minimum Gasteiger partial charge on any atom is -0.412 e. The molecule has 0 aromatic rings. The van der Waals surface area contributed by atoms with Crippen LogP contribution in [0.25, 0.3) is 0 Å². The highest BCUT2D eigenvalue weighted by Gasteiger charge is 2.48. The molecule has 4 nitrogen and oxygen atoms in total. The van der Waals surface area contributed by atoms with Crippen molar-refractivity contribution in [3.63, 3.8) is 0 Å². The van der Waals surface area contributed by atoms with Crippen molar-refractivity contribution in [2.24, 2.45) is 5.73 Å². The number of hydrogen-bond acceptors (Lipinski definition) is 3. The molecular weight excluding hydrogens is 216 g/mol. The smallest absolute Gasteiger partial charge is 0.157 e. The lowest BCUT2D eigenvalue weighted by Gasteiger charge is -2.19. The summed E-state index contributed by atoms with van der Waals surface area (Å²) in [6.45, 7) is 0.760. The third kappa shape index (κ3) is 3.64. The monoisotopic (exact) mass is 244 g/mol. The average molecular weight is 244 g/mol. The van der Waals surface area contributed by atoms with E-state index in [2.05, 4.69) is 23.5 Å². The Bertz CT molecular complexity index is 305. The van der Waals surface area contributed by atoms with Crippen LogP contribution in [0.4, 0.5) is 0 Å². The topological polar surface area (TPSA) is 82.1 Å². The number of allylic oxidation sites excluding steroid dienone is 4. The maximum atomic E-state index is 6.12. The van der Waals surface area contributed by atoms with E-state index >= 15 is 0 Å². The first-order chi connectivity index (χ1) is 7.77. The lowest BCUT2D eigenvalue weighted by Crippen LogP contribution is -2.47. The molecule has 0 radical (unpaired) electrons. The highest BCUT2D eigenvalue weighted by atomic mass is 16.6. The predicted octanol–water partition coefficient (Wildman–Crippen LogP) is 1.37. The highest BCUT2D eigenvalue weighted by Crippen LogP contribution is 2.29. The molecule has 1 fully saturated rings. The van der Waals surface area contributed by atoms with Crippen molar-refractivity contribution in [1.82, 2.24) is 5.32 Å². The Morgan fingerprint density at radius 3 is 2.94 bits per heavy atom. The minimum atomic E-state index is -0.207. The Balaban J connectivity index is 0.